The van der Waals surface area contributed by atoms with Crippen molar-refractivity contribution in [3.63, 3.8) is 0 Å². The molecule has 2 fully saturated rings. The summed E-state index contributed by atoms with van der Waals surface area (Å²) >= 11 is 4.91. The number of unbranched alkanes of at least 4 members (excludes halogenated alkanes) is 4. The second kappa shape index (κ2) is 13.7. The molecule has 0 spiro atoms. The lowest BCUT2D eigenvalue weighted by molar-refractivity contribution is -0.170. The summed E-state index contributed by atoms with van der Waals surface area (Å²) in [6.45, 7) is 3.72. The van der Waals surface area contributed by atoms with Crippen molar-refractivity contribution in [2.24, 2.45) is 11.8 Å². The highest BCUT2D eigenvalue weighted by Gasteiger charge is 2.39. The van der Waals surface area contributed by atoms with Crippen LogP contribution in [0.4, 0.5) is 0 Å². The molecule has 0 aromatic rings. The van der Waals surface area contributed by atoms with Gasteiger partial charge in [-0.2, -0.15) is 12.6 Å². The van der Waals surface area contributed by atoms with Crippen LogP contribution in [0.15, 0.2) is 12.2 Å². The van der Waals surface area contributed by atoms with Crippen molar-refractivity contribution in [3.05, 3.63) is 12.2 Å². The average molecular weight is 427 g/mol. The zero-order valence-electron chi connectivity index (χ0n) is 18.6. The van der Waals surface area contributed by atoms with Gasteiger partial charge in [0, 0.05) is 24.5 Å². The number of allylic oxidation sites excluding steroid dienone is 2. The molecule has 2 rings (SSSR count). The number of hydrogen-bond acceptors (Lipinski definition) is 5. The fourth-order valence-corrected chi connectivity index (χ4v) is 5.35. The van der Waals surface area contributed by atoms with Crippen LogP contribution >= 0.6 is 12.6 Å². The second-order valence-electron chi connectivity index (χ2n) is 8.70. The number of rotatable bonds is 14. The first-order valence-electron chi connectivity index (χ1n) is 11.8. The maximum Gasteiger partial charge on any atom is 0.305 e. The molecule has 1 aliphatic carbocycles. The molecule has 1 heterocycles. The van der Waals surface area contributed by atoms with E-state index in [1.807, 2.05) is 0 Å². The van der Waals surface area contributed by atoms with Gasteiger partial charge in [-0.15, -0.1) is 0 Å². The first-order chi connectivity index (χ1) is 14.1. The Morgan fingerprint density at radius 1 is 1.10 bits per heavy atom. The highest BCUT2D eigenvalue weighted by Crippen LogP contribution is 2.43. The number of carbonyl (C=O) groups is 1. The molecule has 1 saturated heterocycles. The summed E-state index contributed by atoms with van der Waals surface area (Å²) in [5.74, 6) is 0.937. The Labute approximate surface area is 183 Å². The summed E-state index contributed by atoms with van der Waals surface area (Å²) in [5.41, 5.74) is 0. The molecule has 1 saturated carbocycles. The van der Waals surface area contributed by atoms with Gasteiger partial charge < -0.3 is 14.2 Å². The van der Waals surface area contributed by atoms with E-state index in [0.29, 0.717) is 17.6 Å². The minimum absolute atomic E-state index is 0.106. The van der Waals surface area contributed by atoms with Gasteiger partial charge in [0.2, 0.25) is 0 Å². The molecule has 0 radical (unpaired) electrons. The highest BCUT2D eigenvalue weighted by molar-refractivity contribution is 7.81. The van der Waals surface area contributed by atoms with Crippen molar-refractivity contribution in [1.82, 2.24) is 0 Å². The Balaban J connectivity index is 1.72. The zero-order chi connectivity index (χ0) is 21.0. The number of esters is 1. The van der Waals surface area contributed by atoms with Crippen LogP contribution in [0.5, 0.6) is 0 Å². The molecule has 4 nitrogen and oxygen atoms in total. The standard InChI is InChI=1S/C24H42O4S/c1-3-4-10-16-24(27-18-19-28-24)17-15-21-20(13-14-22(21)29)11-8-6-5-7-9-12-23(25)26-2/h6,8,20-22,29H,3-5,7,9-19H2,1-2H3/b8-6-/t20?,21-,22-/m1/s1. The lowest BCUT2D eigenvalue weighted by atomic mass is 9.86. The lowest BCUT2D eigenvalue weighted by Crippen LogP contribution is -2.32. The summed E-state index contributed by atoms with van der Waals surface area (Å²) in [4.78, 5) is 11.1. The van der Waals surface area contributed by atoms with Crippen molar-refractivity contribution in [2.75, 3.05) is 20.3 Å². The van der Waals surface area contributed by atoms with Gasteiger partial charge in [0.1, 0.15) is 0 Å². The lowest BCUT2D eigenvalue weighted by Gasteiger charge is -2.31. The zero-order valence-corrected chi connectivity index (χ0v) is 19.5. The van der Waals surface area contributed by atoms with Gasteiger partial charge in [-0.3, -0.25) is 4.79 Å². The smallest absolute Gasteiger partial charge is 0.305 e. The highest BCUT2D eigenvalue weighted by atomic mass is 32.1. The van der Waals surface area contributed by atoms with Crippen LogP contribution in [-0.2, 0) is 19.0 Å². The fraction of sp³-hybridized carbons (Fsp3) is 0.875. The van der Waals surface area contributed by atoms with E-state index in [1.54, 1.807) is 0 Å². The molecule has 2 aliphatic rings. The summed E-state index contributed by atoms with van der Waals surface area (Å²) in [6.07, 6.45) is 18.6. The first-order valence-corrected chi connectivity index (χ1v) is 12.3. The molecule has 0 N–H and O–H groups in total. The second-order valence-corrected chi connectivity index (χ2v) is 9.36. The predicted molar refractivity (Wildman–Crippen MR) is 121 cm³/mol. The Morgan fingerprint density at radius 3 is 2.62 bits per heavy atom. The van der Waals surface area contributed by atoms with Crippen LogP contribution < -0.4 is 0 Å². The monoisotopic (exact) mass is 426 g/mol. The van der Waals surface area contributed by atoms with Crippen molar-refractivity contribution in [2.45, 2.75) is 101 Å². The van der Waals surface area contributed by atoms with E-state index in [4.69, 9.17) is 22.1 Å². The van der Waals surface area contributed by atoms with E-state index < -0.39 is 0 Å². The molecular weight excluding hydrogens is 384 g/mol. The van der Waals surface area contributed by atoms with E-state index in [0.717, 1.165) is 64.1 Å². The largest absolute Gasteiger partial charge is 0.469 e. The van der Waals surface area contributed by atoms with Crippen LogP contribution in [0.25, 0.3) is 0 Å². The summed E-state index contributed by atoms with van der Waals surface area (Å²) in [6, 6.07) is 0. The molecule has 0 bridgehead atoms. The molecule has 0 aromatic heterocycles. The minimum Gasteiger partial charge on any atom is -0.469 e. The Bertz CT molecular complexity index is 487. The van der Waals surface area contributed by atoms with Gasteiger partial charge >= 0.3 is 5.97 Å². The molecule has 29 heavy (non-hydrogen) atoms. The number of thiol groups is 1. The third kappa shape index (κ3) is 8.63. The summed E-state index contributed by atoms with van der Waals surface area (Å²) in [7, 11) is 1.45. The SMILES string of the molecule is CCCCCC1(CC[C@@H]2C(C/C=C\CCCCC(=O)OC)CC[C@H]2S)OCCO1. The molecule has 1 aliphatic heterocycles. The van der Waals surface area contributed by atoms with Gasteiger partial charge in [-0.1, -0.05) is 31.9 Å². The maximum atomic E-state index is 11.1. The van der Waals surface area contributed by atoms with E-state index in [2.05, 4.69) is 23.8 Å². The predicted octanol–water partition coefficient (Wildman–Crippen LogP) is 6.09. The molecule has 1 unspecified atom stereocenters. The molecule has 0 aromatic carbocycles. The number of methoxy groups -OCH3 is 1. The third-order valence-electron chi connectivity index (χ3n) is 6.60. The normalized spacial score (nSPS) is 26.4. The number of hydrogen-bond donors (Lipinski definition) is 1. The average Bonchev–Trinajstić information content (AvgIpc) is 3.33. The van der Waals surface area contributed by atoms with Crippen LogP contribution in [0.1, 0.15) is 90.4 Å². The first kappa shape index (κ1) is 24.7. The topological polar surface area (TPSA) is 44.8 Å². The molecule has 5 heteroatoms. The Morgan fingerprint density at radius 2 is 1.90 bits per heavy atom. The third-order valence-corrected chi connectivity index (χ3v) is 7.24. The fourth-order valence-electron chi connectivity index (χ4n) is 4.81. The van der Waals surface area contributed by atoms with Crippen molar-refractivity contribution in [3.8, 4) is 0 Å². The number of carbonyl (C=O) groups excluding carboxylic acids is 1. The molecular formula is C24H42O4S. The van der Waals surface area contributed by atoms with Gasteiger partial charge in [0.25, 0.3) is 0 Å². The van der Waals surface area contributed by atoms with Crippen molar-refractivity contribution >= 4 is 18.6 Å². The number of ether oxygens (including phenoxy) is 3. The van der Waals surface area contributed by atoms with Crippen molar-refractivity contribution in [1.29, 1.82) is 0 Å². The van der Waals surface area contributed by atoms with E-state index in [1.165, 1.54) is 39.2 Å². The van der Waals surface area contributed by atoms with Crippen LogP contribution in [0, 0.1) is 11.8 Å². The molecule has 3 atom stereocenters. The summed E-state index contributed by atoms with van der Waals surface area (Å²) in [5, 5.41) is 0.502. The van der Waals surface area contributed by atoms with E-state index in [9.17, 15) is 4.79 Å². The quantitative estimate of drug-likeness (QED) is 0.158. The van der Waals surface area contributed by atoms with Gasteiger partial charge in [0.15, 0.2) is 5.79 Å². The van der Waals surface area contributed by atoms with Crippen LogP contribution in [0.2, 0.25) is 0 Å². The Kier molecular flexibility index (Phi) is 11.7. The van der Waals surface area contributed by atoms with Gasteiger partial charge in [-0.05, 0) is 63.2 Å². The van der Waals surface area contributed by atoms with E-state index in [-0.39, 0.29) is 11.8 Å². The summed E-state index contributed by atoms with van der Waals surface area (Å²) < 4.78 is 16.8. The minimum atomic E-state index is -0.328. The van der Waals surface area contributed by atoms with Crippen molar-refractivity contribution < 1.29 is 19.0 Å². The van der Waals surface area contributed by atoms with Gasteiger partial charge in [-0.25, -0.2) is 0 Å². The van der Waals surface area contributed by atoms with Crippen LogP contribution in [-0.4, -0.2) is 37.3 Å². The van der Waals surface area contributed by atoms with Gasteiger partial charge in [0.05, 0.1) is 20.3 Å². The molecule has 168 valence electrons. The molecule has 0 amide bonds. The van der Waals surface area contributed by atoms with Crippen LogP contribution in [0.3, 0.4) is 0 Å². The Hall–Kier alpha value is -0.520. The van der Waals surface area contributed by atoms with E-state index >= 15 is 0 Å². The maximum absolute atomic E-state index is 11.1.